The number of phenolic OH excluding ortho intramolecular Hbond substituents is 1. The van der Waals surface area contributed by atoms with Gasteiger partial charge in [0.05, 0.1) is 6.10 Å². The molecule has 4 aliphatic rings. The van der Waals surface area contributed by atoms with Crippen LogP contribution in [0.3, 0.4) is 0 Å². The van der Waals surface area contributed by atoms with E-state index in [-0.39, 0.29) is 11.5 Å². The number of hydrogen-bond donors (Lipinski definition) is 1. The number of allylic oxidation sites excluding steroid dienone is 1. The fourth-order valence-electron chi connectivity index (χ4n) is 11.1. The summed E-state index contributed by atoms with van der Waals surface area (Å²) in [7, 11) is 0. The predicted octanol–water partition coefficient (Wildman–Crippen LogP) is 11.2. The van der Waals surface area contributed by atoms with Crippen LogP contribution in [-0.2, 0) is 0 Å². The molecule has 0 heterocycles. The molecule has 244 valence electrons. The molecule has 2 aromatic carbocycles. The van der Waals surface area contributed by atoms with Gasteiger partial charge in [-0.3, -0.25) is 4.79 Å². The van der Waals surface area contributed by atoms with E-state index in [9.17, 15) is 9.90 Å². The van der Waals surface area contributed by atoms with E-state index in [0.717, 1.165) is 59.2 Å². The number of carbonyl (C=O) groups excluding carboxylic acids is 1. The van der Waals surface area contributed by atoms with E-state index in [1.807, 2.05) is 18.2 Å². The zero-order chi connectivity index (χ0) is 31.8. The van der Waals surface area contributed by atoms with Crippen molar-refractivity contribution in [2.75, 3.05) is 0 Å². The Hall–Kier alpha value is -2.55. The minimum absolute atomic E-state index is 0.0719. The highest BCUT2D eigenvalue weighted by Gasteiger charge is 2.60. The fourth-order valence-corrected chi connectivity index (χ4v) is 11.1. The van der Waals surface area contributed by atoms with Gasteiger partial charge in [-0.1, -0.05) is 72.1 Å². The van der Waals surface area contributed by atoms with Crippen LogP contribution in [0.25, 0.3) is 6.08 Å². The molecular weight excluding hydrogens is 552 g/mol. The van der Waals surface area contributed by atoms with Crippen LogP contribution in [0.4, 0.5) is 0 Å². The Morgan fingerprint density at radius 1 is 0.867 bits per heavy atom. The maximum Gasteiger partial charge on any atom is 0.185 e. The largest absolute Gasteiger partial charge is 0.508 e. The zero-order valence-corrected chi connectivity index (χ0v) is 28.6. The average molecular weight is 611 g/mol. The van der Waals surface area contributed by atoms with Crippen molar-refractivity contribution in [2.45, 2.75) is 118 Å². The molecular formula is C42H58O3. The highest BCUT2D eigenvalue weighted by atomic mass is 16.5. The normalized spacial score (nSPS) is 35.1. The lowest BCUT2D eigenvalue weighted by molar-refractivity contribution is -0.126. The molecule has 0 spiro atoms. The van der Waals surface area contributed by atoms with Crippen LogP contribution in [-0.4, -0.2) is 17.0 Å². The van der Waals surface area contributed by atoms with Crippen molar-refractivity contribution in [3.05, 3.63) is 65.7 Å². The van der Waals surface area contributed by atoms with Gasteiger partial charge in [-0.2, -0.15) is 0 Å². The molecule has 0 aromatic heterocycles. The van der Waals surface area contributed by atoms with Gasteiger partial charge in [-0.05, 0) is 158 Å². The summed E-state index contributed by atoms with van der Waals surface area (Å²) in [5.74, 6) is 7.26. The Morgan fingerprint density at radius 2 is 1.58 bits per heavy atom. The van der Waals surface area contributed by atoms with Crippen LogP contribution in [0.2, 0.25) is 0 Å². The van der Waals surface area contributed by atoms with Gasteiger partial charge in [0.25, 0.3) is 0 Å². The molecule has 3 nitrogen and oxygen atoms in total. The van der Waals surface area contributed by atoms with Gasteiger partial charge >= 0.3 is 0 Å². The molecule has 0 saturated heterocycles. The van der Waals surface area contributed by atoms with Gasteiger partial charge in [-0.15, -0.1) is 0 Å². The van der Waals surface area contributed by atoms with Crippen LogP contribution in [0, 0.1) is 52.3 Å². The first-order valence-corrected chi connectivity index (χ1v) is 18.3. The highest BCUT2D eigenvalue weighted by Crippen LogP contribution is 2.68. The second kappa shape index (κ2) is 13.3. The summed E-state index contributed by atoms with van der Waals surface area (Å²) in [5.41, 5.74) is 2.60. The first kappa shape index (κ1) is 32.4. The number of carbonyl (C=O) groups is 1. The lowest BCUT2D eigenvalue weighted by Gasteiger charge is -2.61. The number of benzene rings is 2. The van der Waals surface area contributed by atoms with E-state index in [1.165, 1.54) is 70.6 Å². The Kier molecular flexibility index (Phi) is 9.56. The molecule has 4 fully saturated rings. The smallest absolute Gasteiger partial charge is 0.185 e. The topological polar surface area (TPSA) is 46.5 Å². The van der Waals surface area contributed by atoms with E-state index < -0.39 is 0 Å². The molecule has 6 unspecified atom stereocenters. The van der Waals surface area contributed by atoms with Crippen molar-refractivity contribution in [1.29, 1.82) is 0 Å². The number of phenols is 1. The third kappa shape index (κ3) is 6.66. The maximum atomic E-state index is 12.5. The highest BCUT2D eigenvalue weighted by molar-refractivity contribution is 6.06. The van der Waals surface area contributed by atoms with Crippen molar-refractivity contribution in [3.63, 3.8) is 0 Å². The molecule has 9 atom stereocenters. The first-order valence-electron chi connectivity index (χ1n) is 18.3. The lowest BCUT2D eigenvalue weighted by Crippen LogP contribution is -2.54. The Morgan fingerprint density at radius 3 is 2.31 bits per heavy atom. The minimum atomic E-state index is -0.0719. The van der Waals surface area contributed by atoms with Gasteiger partial charge < -0.3 is 9.84 Å². The number of fused-ring (bicyclic) bond motifs is 5. The molecule has 6 rings (SSSR count). The predicted molar refractivity (Wildman–Crippen MR) is 185 cm³/mol. The SMILES string of the molecule is CC(C)CCCC(C)[C@H]1CCC2C3CCC4CC(Oc5ccc(C=CC(=O)c6ccc(O)cc6)cc5)CC[C@]4(C)C3CC[C@@]21C. The van der Waals surface area contributed by atoms with Gasteiger partial charge in [0.2, 0.25) is 0 Å². The second-order valence-electron chi connectivity index (χ2n) is 16.5. The van der Waals surface area contributed by atoms with E-state index in [4.69, 9.17) is 4.74 Å². The summed E-state index contributed by atoms with van der Waals surface area (Å²) in [4.78, 5) is 12.5. The summed E-state index contributed by atoms with van der Waals surface area (Å²) < 4.78 is 6.60. The quantitative estimate of drug-likeness (QED) is 0.215. The maximum absolute atomic E-state index is 12.5. The third-order valence-electron chi connectivity index (χ3n) is 13.6. The van der Waals surface area contributed by atoms with Crippen LogP contribution in [0.1, 0.15) is 128 Å². The summed E-state index contributed by atoms with van der Waals surface area (Å²) in [6.07, 6.45) is 20.3. The van der Waals surface area contributed by atoms with E-state index >= 15 is 0 Å². The monoisotopic (exact) mass is 610 g/mol. The molecule has 4 saturated carbocycles. The summed E-state index contributed by atoms with van der Waals surface area (Å²) in [6, 6.07) is 14.5. The summed E-state index contributed by atoms with van der Waals surface area (Å²) >= 11 is 0. The van der Waals surface area contributed by atoms with E-state index in [1.54, 1.807) is 30.3 Å². The van der Waals surface area contributed by atoms with Gasteiger partial charge in [-0.25, -0.2) is 0 Å². The second-order valence-corrected chi connectivity index (χ2v) is 16.5. The van der Waals surface area contributed by atoms with E-state index in [0.29, 0.717) is 22.5 Å². The van der Waals surface area contributed by atoms with Crippen LogP contribution >= 0.6 is 0 Å². The molecule has 0 radical (unpaired) electrons. The van der Waals surface area contributed by atoms with Crippen molar-refractivity contribution >= 4 is 11.9 Å². The van der Waals surface area contributed by atoms with Crippen LogP contribution < -0.4 is 4.74 Å². The molecule has 45 heavy (non-hydrogen) atoms. The van der Waals surface area contributed by atoms with Gasteiger partial charge in [0, 0.05) is 5.56 Å². The molecule has 3 heteroatoms. The molecule has 1 N–H and O–H groups in total. The first-order chi connectivity index (χ1) is 21.6. The van der Waals surface area contributed by atoms with Crippen molar-refractivity contribution in [1.82, 2.24) is 0 Å². The lowest BCUT2D eigenvalue weighted by atomic mass is 9.44. The molecule has 0 aliphatic heterocycles. The third-order valence-corrected chi connectivity index (χ3v) is 13.6. The van der Waals surface area contributed by atoms with Gasteiger partial charge in [0.15, 0.2) is 5.78 Å². The summed E-state index contributed by atoms with van der Waals surface area (Å²) in [6.45, 7) is 12.7. The number of ether oxygens (including phenoxy) is 1. The number of ketones is 1. The molecule has 4 aliphatic carbocycles. The van der Waals surface area contributed by atoms with Gasteiger partial charge in [0.1, 0.15) is 11.5 Å². The number of hydrogen-bond acceptors (Lipinski definition) is 3. The van der Waals surface area contributed by atoms with Crippen LogP contribution in [0.15, 0.2) is 54.6 Å². The standard InChI is InChI=1S/C42H58O3/c1-28(2)7-6-8-29(3)37-20-21-38-36-19-14-32-27-35(23-25-41(32,4)39(36)24-26-42(37,38)5)45-34-17-9-30(10-18-34)11-22-40(44)31-12-15-33(43)16-13-31/h9-13,15-18,22,28-29,32,35-39,43H,6-8,14,19-21,23-27H2,1-5H3/t29?,32?,35?,36?,37-,38?,39?,41+,42-/m1/s1. The van der Waals surface area contributed by atoms with Crippen LogP contribution in [0.5, 0.6) is 11.5 Å². The Balaban J connectivity index is 1.03. The van der Waals surface area contributed by atoms with Crippen molar-refractivity contribution in [3.8, 4) is 11.5 Å². The average Bonchev–Trinajstić information content (AvgIpc) is 3.38. The molecule has 0 amide bonds. The number of aromatic hydroxyl groups is 1. The van der Waals surface area contributed by atoms with E-state index in [2.05, 4.69) is 46.8 Å². The molecule has 0 bridgehead atoms. The van der Waals surface area contributed by atoms with Crippen molar-refractivity contribution < 1.29 is 14.6 Å². The fraction of sp³-hybridized carbons (Fsp3) is 0.643. The number of rotatable bonds is 10. The molecule has 2 aromatic rings. The summed E-state index contributed by atoms with van der Waals surface area (Å²) in [5, 5.41) is 9.46. The Bertz CT molecular complexity index is 1320. The van der Waals surface area contributed by atoms with Crippen molar-refractivity contribution in [2.24, 2.45) is 52.3 Å². The minimum Gasteiger partial charge on any atom is -0.508 e. The zero-order valence-electron chi connectivity index (χ0n) is 28.6. The Labute approximate surface area is 273 Å².